The van der Waals surface area contributed by atoms with E-state index < -0.39 is 0 Å². The average Bonchev–Trinajstić information content (AvgIpc) is 3.02. The van der Waals surface area contributed by atoms with Gasteiger partial charge in [0.05, 0.1) is 11.6 Å². The van der Waals surface area contributed by atoms with Crippen molar-refractivity contribution in [3.63, 3.8) is 0 Å². The van der Waals surface area contributed by atoms with Crippen molar-refractivity contribution in [3.05, 3.63) is 10.4 Å². The molecule has 0 spiro atoms. The van der Waals surface area contributed by atoms with Gasteiger partial charge in [-0.3, -0.25) is 9.69 Å². The van der Waals surface area contributed by atoms with Crippen molar-refractivity contribution in [3.8, 4) is 0 Å². The summed E-state index contributed by atoms with van der Waals surface area (Å²) >= 11 is 1.60. The molecule has 0 unspecified atom stereocenters. The van der Waals surface area contributed by atoms with Crippen LogP contribution in [0.4, 0.5) is 15.5 Å². The number of urea groups is 1. The standard InChI is InChI=1S/C23H40N6O2S/c1-5-9-29(23(31)26-8-6-7-10-27(2)3)22(30)16-11-15-12-17-19(32-21(25)20(17)24)13-18(15)28(4)14-16/h15-16,18H,5-14,24-25H2,1-4H3,(H,26,31)/t15-,16-,18-/m1/s1. The van der Waals surface area contributed by atoms with Gasteiger partial charge in [-0.25, -0.2) is 4.79 Å². The normalized spacial score (nSPS) is 23.0. The van der Waals surface area contributed by atoms with Gasteiger partial charge in [-0.15, -0.1) is 11.3 Å². The predicted octanol–water partition coefficient (Wildman–Crippen LogP) is 2.24. The molecular weight excluding hydrogens is 424 g/mol. The maximum absolute atomic E-state index is 13.4. The van der Waals surface area contributed by atoms with E-state index in [1.807, 2.05) is 21.0 Å². The lowest BCUT2D eigenvalue weighted by molar-refractivity contribution is -0.136. The summed E-state index contributed by atoms with van der Waals surface area (Å²) < 4.78 is 0. The molecule has 8 nitrogen and oxygen atoms in total. The third-order valence-corrected chi connectivity index (χ3v) is 7.94. The molecule has 1 aliphatic carbocycles. The number of thiophene rings is 1. The lowest BCUT2D eigenvalue weighted by atomic mass is 9.74. The van der Waals surface area contributed by atoms with Crippen molar-refractivity contribution in [2.24, 2.45) is 11.8 Å². The Hall–Kier alpha value is -1.84. The number of fused-ring (bicyclic) bond motifs is 2. The first kappa shape index (κ1) is 24.8. The monoisotopic (exact) mass is 464 g/mol. The van der Waals surface area contributed by atoms with E-state index in [0.29, 0.717) is 36.6 Å². The van der Waals surface area contributed by atoms with Gasteiger partial charge in [0.1, 0.15) is 5.00 Å². The topological polar surface area (TPSA) is 108 Å². The fourth-order valence-corrected chi connectivity index (χ4v) is 6.22. The molecule has 0 radical (unpaired) electrons. The van der Waals surface area contributed by atoms with E-state index in [1.165, 1.54) is 15.3 Å². The van der Waals surface area contributed by atoms with E-state index in [4.69, 9.17) is 11.5 Å². The Morgan fingerprint density at radius 3 is 2.62 bits per heavy atom. The largest absolute Gasteiger partial charge is 0.396 e. The van der Waals surface area contributed by atoms with Crippen LogP contribution in [0, 0.1) is 11.8 Å². The van der Waals surface area contributed by atoms with E-state index in [9.17, 15) is 9.59 Å². The summed E-state index contributed by atoms with van der Waals surface area (Å²) in [5.74, 6) is 0.127. The van der Waals surface area contributed by atoms with Crippen LogP contribution in [0.1, 0.15) is 43.0 Å². The van der Waals surface area contributed by atoms with Gasteiger partial charge in [0, 0.05) is 30.6 Å². The molecule has 3 atom stereocenters. The van der Waals surface area contributed by atoms with Crippen molar-refractivity contribution < 1.29 is 9.59 Å². The first-order chi connectivity index (χ1) is 15.2. The molecule has 2 heterocycles. The molecule has 1 aromatic heterocycles. The molecule has 3 amide bonds. The summed E-state index contributed by atoms with van der Waals surface area (Å²) in [6.07, 6.45) is 5.27. The van der Waals surface area contributed by atoms with Crippen LogP contribution in [0.2, 0.25) is 0 Å². The number of anilines is 2. The highest BCUT2D eigenvalue weighted by Gasteiger charge is 2.42. The number of carbonyl (C=O) groups excluding carboxylic acids is 2. The van der Waals surface area contributed by atoms with E-state index in [0.717, 1.165) is 50.8 Å². The molecule has 0 saturated carbocycles. The first-order valence-corrected chi connectivity index (χ1v) is 12.6. The van der Waals surface area contributed by atoms with Crippen molar-refractivity contribution in [2.45, 2.75) is 51.5 Å². The lowest BCUT2D eigenvalue weighted by Gasteiger charge is -2.45. The quantitative estimate of drug-likeness (QED) is 0.509. The minimum absolute atomic E-state index is 0.0495. The molecule has 1 saturated heterocycles. The number of likely N-dealkylation sites (N-methyl/N-ethyl adjacent to an activating group) is 1. The molecular formula is C23H40N6O2S. The smallest absolute Gasteiger partial charge is 0.324 e. The number of hydrogen-bond donors (Lipinski definition) is 3. The van der Waals surface area contributed by atoms with Crippen LogP contribution in [0.3, 0.4) is 0 Å². The van der Waals surface area contributed by atoms with Crippen LogP contribution in [0.25, 0.3) is 0 Å². The third kappa shape index (κ3) is 5.55. The van der Waals surface area contributed by atoms with Gasteiger partial charge >= 0.3 is 6.03 Å². The fourth-order valence-electron chi connectivity index (χ4n) is 5.15. The molecule has 1 fully saturated rings. The van der Waals surface area contributed by atoms with E-state index in [2.05, 4.69) is 22.2 Å². The Kier molecular flexibility index (Phi) is 8.41. The Balaban J connectivity index is 1.62. The van der Waals surface area contributed by atoms with E-state index >= 15 is 0 Å². The Morgan fingerprint density at radius 1 is 1.19 bits per heavy atom. The van der Waals surface area contributed by atoms with E-state index in [-0.39, 0.29) is 17.9 Å². The number of rotatable bonds is 8. The van der Waals surface area contributed by atoms with Crippen molar-refractivity contribution in [2.75, 3.05) is 58.8 Å². The second-order valence-electron chi connectivity index (χ2n) is 9.62. The molecule has 1 aliphatic heterocycles. The average molecular weight is 465 g/mol. The molecule has 180 valence electrons. The van der Waals surface area contributed by atoms with Crippen molar-refractivity contribution in [1.82, 2.24) is 20.0 Å². The minimum Gasteiger partial charge on any atom is -0.396 e. The summed E-state index contributed by atoms with van der Waals surface area (Å²) in [6.45, 7) is 4.72. The number of nitrogens with two attached hydrogens (primary N) is 2. The lowest BCUT2D eigenvalue weighted by Crippen LogP contribution is -2.55. The SMILES string of the molecule is CCCN(C(=O)NCCCCN(C)C)C(=O)[C@@H]1C[C@@H]2Cc3c(sc(N)c3N)C[C@H]2N(C)C1. The maximum Gasteiger partial charge on any atom is 0.324 e. The second-order valence-corrected chi connectivity index (χ2v) is 10.8. The van der Waals surface area contributed by atoms with Crippen molar-refractivity contribution >= 4 is 34.0 Å². The maximum atomic E-state index is 13.4. The number of piperidine rings is 1. The molecule has 0 bridgehead atoms. The fraction of sp³-hybridized carbons (Fsp3) is 0.739. The summed E-state index contributed by atoms with van der Waals surface area (Å²) in [6, 6.07) is 0.140. The summed E-state index contributed by atoms with van der Waals surface area (Å²) in [5, 5.41) is 3.67. The number of nitrogen functional groups attached to an aromatic ring is 2. The minimum atomic E-state index is -0.257. The summed E-state index contributed by atoms with van der Waals surface area (Å²) in [7, 11) is 6.18. The number of imide groups is 1. The molecule has 2 aliphatic rings. The van der Waals surface area contributed by atoms with Gasteiger partial charge in [-0.2, -0.15) is 0 Å². The highest BCUT2D eigenvalue weighted by Crippen LogP contribution is 2.44. The zero-order valence-electron chi connectivity index (χ0n) is 20.0. The zero-order chi connectivity index (χ0) is 23.4. The summed E-state index contributed by atoms with van der Waals surface area (Å²) in [5.41, 5.74) is 14.2. The number of nitrogens with one attached hydrogen (secondary N) is 1. The van der Waals surface area contributed by atoms with E-state index in [1.54, 1.807) is 11.3 Å². The molecule has 32 heavy (non-hydrogen) atoms. The van der Waals surface area contributed by atoms with Gasteiger partial charge < -0.3 is 26.6 Å². The number of unbranched alkanes of at least 4 members (excludes halogenated alkanes) is 1. The van der Waals surface area contributed by atoms with Gasteiger partial charge in [0.2, 0.25) is 5.91 Å². The molecule has 5 N–H and O–H groups in total. The molecule has 9 heteroatoms. The Morgan fingerprint density at radius 2 is 1.94 bits per heavy atom. The van der Waals surface area contributed by atoms with Crippen LogP contribution in [0.15, 0.2) is 0 Å². The zero-order valence-corrected chi connectivity index (χ0v) is 20.8. The number of nitrogens with zero attached hydrogens (tertiary/aromatic N) is 3. The Labute approximate surface area is 196 Å². The molecule has 0 aromatic carbocycles. The predicted molar refractivity (Wildman–Crippen MR) is 132 cm³/mol. The third-order valence-electron chi connectivity index (χ3n) is 6.84. The number of amides is 3. The Bertz CT molecular complexity index is 811. The van der Waals surface area contributed by atoms with Crippen LogP contribution >= 0.6 is 11.3 Å². The highest BCUT2D eigenvalue weighted by molar-refractivity contribution is 7.16. The van der Waals surface area contributed by atoms with Crippen LogP contribution < -0.4 is 16.8 Å². The van der Waals surface area contributed by atoms with Crippen LogP contribution in [-0.4, -0.2) is 80.0 Å². The second kappa shape index (κ2) is 10.9. The van der Waals surface area contributed by atoms with Crippen molar-refractivity contribution in [1.29, 1.82) is 0 Å². The van der Waals surface area contributed by atoms with Crippen LogP contribution in [-0.2, 0) is 17.6 Å². The van der Waals surface area contributed by atoms with Gasteiger partial charge in [-0.05, 0) is 77.7 Å². The first-order valence-electron chi connectivity index (χ1n) is 11.8. The highest BCUT2D eigenvalue weighted by atomic mass is 32.1. The van der Waals surface area contributed by atoms with Crippen LogP contribution in [0.5, 0.6) is 0 Å². The molecule has 1 aromatic rings. The van der Waals surface area contributed by atoms with Gasteiger partial charge in [0.15, 0.2) is 0 Å². The number of likely N-dealkylation sites (tertiary alicyclic amines) is 1. The van der Waals surface area contributed by atoms with Gasteiger partial charge in [0.25, 0.3) is 0 Å². The number of carbonyl (C=O) groups is 2. The van der Waals surface area contributed by atoms with Gasteiger partial charge in [-0.1, -0.05) is 6.92 Å². The molecule has 3 rings (SSSR count). The number of hydrogen-bond acceptors (Lipinski definition) is 7. The summed E-state index contributed by atoms with van der Waals surface area (Å²) in [4.78, 5) is 33.4.